The molecule has 0 aliphatic carbocycles. The second-order valence-electron chi connectivity index (χ2n) is 7.32. The minimum Gasteiger partial charge on any atom is -0.502 e. The van der Waals surface area contributed by atoms with Crippen LogP contribution in [0.1, 0.15) is 38.3 Å². The van der Waals surface area contributed by atoms with Crippen molar-refractivity contribution in [2.45, 2.75) is 38.3 Å². The van der Waals surface area contributed by atoms with E-state index in [0.29, 0.717) is 0 Å². The molecule has 0 amide bonds. The molecule has 1 N–H and O–H groups in total. The summed E-state index contributed by atoms with van der Waals surface area (Å²) in [6.45, 7) is 1.74. The summed E-state index contributed by atoms with van der Waals surface area (Å²) in [6.07, 6.45) is 16.7. The zero-order valence-corrected chi connectivity index (χ0v) is 20.6. The Bertz CT molecular complexity index is 1160. The number of rotatable bonds is 1. The molecule has 0 saturated carbocycles. The van der Waals surface area contributed by atoms with Gasteiger partial charge in [-0.3, -0.25) is 5.10 Å². The number of hydrogen-bond donors (Lipinski definition) is 1. The van der Waals surface area contributed by atoms with Gasteiger partial charge in [0, 0.05) is 38.7 Å². The molecule has 0 spiro atoms. The Morgan fingerprint density at radius 2 is 1.78 bits per heavy atom. The average molecular weight is 564 g/mol. The second-order valence-corrected chi connectivity index (χ2v) is 9.15. The lowest BCUT2D eigenvalue weighted by atomic mass is 10.2. The van der Waals surface area contributed by atoms with Gasteiger partial charge in [-0.2, -0.15) is 10.2 Å². The first-order valence-corrected chi connectivity index (χ1v) is 12.1. The van der Waals surface area contributed by atoms with Gasteiger partial charge in [0.15, 0.2) is 17.5 Å². The largest absolute Gasteiger partial charge is 0.502 e. The highest BCUT2D eigenvalue weighted by Gasteiger charge is 2.18. The number of nitrogens with one attached hydrogen (secondary N) is 1. The molecule has 8 nitrogen and oxygen atoms in total. The third kappa shape index (κ3) is 6.14. The molecular formula is C22H24Br2N6O2. The summed E-state index contributed by atoms with van der Waals surface area (Å²) < 4.78 is 14.4. The van der Waals surface area contributed by atoms with Gasteiger partial charge >= 0.3 is 0 Å². The number of fused-ring (bicyclic) bond motifs is 2. The zero-order chi connectivity index (χ0) is 22.2. The van der Waals surface area contributed by atoms with Gasteiger partial charge in [-0.1, -0.05) is 0 Å². The van der Waals surface area contributed by atoms with E-state index >= 15 is 0 Å². The highest BCUT2D eigenvalue weighted by atomic mass is 79.9. The van der Waals surface area contributed by atoms with Crippen molar-refractivity contribution in [3.05, 3.63) is 58.2 Å². The minimum atomic E-state index is 0.0555. The number of aromatic nitrogens is 6. The topological polar surface area (TPSA) is 90.7 Å². The molecule has 4 aromatic heterocycles. The van der Waals surface area contributed by atoms with Crippen LogP contribution in [-0.2, 0) is 9.47 Å². The van der Waals surface area contributed by atoms with Gasteiger partial charge < -0.3 is 9.47 Å². The Hall–Kier alpha value is -2.30. The number of H-pyrrole nitrogens is 1. The maximum atomic E-state index is 5.71. The molecule has 10 heteroatoms. The molecular weight excluding hydrogens is 540 g/mol. The molecule has 2 aliphatic heterocycles. The van der Waals surface area contributed by atoms with E-state index < -0.39 is 0 Å². The summed E-state index contributed by atoms with van der Waals surface area (Å²) in [5.41, 5.74) is 1.72. The maximum Gasteiger partial charge on any atom is 0.160 e. The lowest BCUT2D eigenvalue weighted by Gasteiger charge is -2.22. The van der Waals surface area contributed by atoms with Crippen LogP contribution in [-0.4, -0.2) is 43.2 Å². The lowest BCUT2D eigenvalue weighted by molar-refractivity contribution is -0.0370. The fraction of sp³-hybridized carbons (Fsp3) is 0.364. The average Bonchev–Trinajstić information content (AvgIpc) is 3.48. The molecule has 6 heterocycles. The van der Waals surface area contributed by atoms with Crippen molar-refractivity contribution in [1.82, 2.24) is 29.9 Å². The van der Waals surface area contributed by atoms with E-state index in [-0.39, 0.29) is 6.23 Å². The SMILES string of the molecule is Brc1cnc2[nH]ncc2c1.Brc1cnc2c(cnn2C2CCCCO2)c1.C1=COCCC1. The highest BCUT2D eigenvalue weighted by molar-refractivity contribution is 9.10. The van der Waals surface area contributed by atoms with Crippen LogP contribution in [0.15, 0.2) is 58.2 Å². The minimum absolute atomic E-state index is 0.0555. The van der Waals surface area contributed by atoms with Crippen LogP contribution >= 0.6 is 31.9 Å². The quantitative estimate of drug-likeness (QED) is 0.309. The molecule has 0 radical (unpaired) electrons. The Morgan fingerprint density at radius 3 is 2.47 bits per heavy atom. The van der Waals surface area contributed by atoms with Crippen LogP contribution in [0.4, 0.5) is 0 Å². The molecule has 2 aliphatic rings. The molecule has 0 aromatic carbocycles. The number of aromatic amines is 1. The fourth-order valence-electron chi connectivity index (χ4n) is 3.34. The van der Waals surface area contributed by atoms with Crippen LogP contribution in [0.5, 0.6) is 0 Å². The predicted octanol–water partition coefficient (Wildman–Crippen LogP) is 5.92. The molecule has 0 bridgehead atoms. The number of pyridine rings is 2. The van der Waals surface area contributed by atoms with Crippen molar-refractivity contribution in [2.75, 3.05) is 13.2 Å². The number of allylic oxidation sites excluding steroid dienone is 1. The highest BCUT2D eigenvalue weighted by Crippen LogP contribution is 2.26. The molecule has 4 aromatic rings. The summed E-state index contributed by atoms with van der Waals surface area (Å²) in [5, 5.41) is 13.0. The fourth-order valence-corrected chi connectivity index (χ4v) is 4.04. The summed E-state index contributed by atoms with van der Waals surface area (Å²) in [6, 6.07) is 3.99. The van der Waals surface area contributed by atoms with Crippen LogP contribution in [0.3, 0.4) is 0 Å². The van der Waals surface area contributed by atoms with E-state index in [1.54, 1.807) is 24.9 Å². The first kappa shape index (κ1) is 22.9. The number of halogens is 2. The van der Waals surface area contributed by atoms with Gasteiger partial charge in [0.1, 0.15) is 0 Å². The summed E-state index contributed by atoms with van der Waals surface area (Å²) in [7, 11) is 0. The van der Waals surface area contributed by atoms with Crippen LogP contribution < -0.4 is 0 Å². The first-order chi connectivity index (χ1) is 15.7. The molecule has 1 saturated heterocycles. The van der Waals surface area contributed by atoms with Gasteiger partial charge in [-0.25, -0.2) is 14.6 Å². The normalized spacial score (nSPS) is 17.8. The Balaban J connectivity index is 0.000000130. The van der Waals surface area contributed by atoms with Gasteiger partial charge in [0.05, 0.1) is 25.3 Å². The van der Waals surface area contributed by atoms with Gasteiger partial charge in [-0.15, -0.1) is 0 Å². The molecule has 1 unspecified atom stereocenters. The zero-order valence-electron chi connectivity index (χ0n) is 17.5. The van der Waals surface area contributed by atoms with Crippen molar-refractivity contribution in [3.63, 3.8) is 0 Å². The first-order valence-electron chi connectivity index (χ1n) is 10.5. The summed E-state index contributed by atoms with van der Waals surface area (Å²) in [4.78, 5) is 8.47. The Kier molecular flexibility index (Phi) is 8.24. The molecule has 168 valence electrons. The summed E-state index contributed by atoms with van der Waals surface area (Å²) in [5.74, 6) is 0. The van der Waals surface area contributed by atoms with Crippen molar-refractivity contribution >= 4 is 53.9 Å². The van der Waals surface area contributed by atoms with Crippen LogP contribution in [0, 0.1) is 0 Å². The van der Waals surface area contributed by atoms with Crippen molar-refractivity contribution in [1.29, 1.82) is 0 Å². The van der Waals surface area contributed by atoms with E-state index in [9.17, 15) is 0 Å². The third-order valence-corrected chi connectivity index (χ3v) is 5.78. The molecule has 32 heavy (non-hydrogen) atoms. The lowest BCUT2D eigenvalue weighted by Crippen LogP contribution is -2.19. The van der Waals surface area contributed by atoms with E-state index in [1.807, 2.05) is 29.1 Å². The Morgan fingerprint density at radius 1 is 0.938 bits per heavy atom. The molecule has 6 rings (SSSR count). The van der Waals surface area contributed by atoms with Gasteiger partial charge in [-0.05, 0) is 82.2 Å². The maximum absolute atomic E-state index is 5.71. The number of ether oxygens (including phenoxy) is 2. The summed E-state index contributed by atoms with van der Waals surface area (Å²) >= 11 is 6.72. The number of hydrogen-bond acceptors (Lipinski definition) is 6. The van der Waals surface area contributed by atoms with Crippen LogP contribution in [0.25, 0.3) is 22.1 Å². The van der Waals surface area contributed by atoms with Gasteiger partial charge in [0.2, 0.25) is 0 Å². The van der Waals surface area contributed by atoms with E-state index in [2.05, 4.69) is 57.1 Å². The second kappa shape index (κ2) is 11.5. The third-order valence-electron chi connectivity index (χ3n) is 4.91. The van der Waals surface area contributed by atoms with Gasteiger partial charge in [0.25, 0.3) is 0 Å². The molecule has 1 atom stereocenters. The smallest absolute Gasteiger partial charge is 0.160 e. The van der Waals surface area contributed by atoms with Crippen molar-refractivity contribution in [2.24, 2.45) is 0 Å². The Labute approximate surface area is 202 Å². The predicted molar refractivity (Wildman–Crippen MR) is 130 cm³/mol. The van der Waals surface area contributed by atoms with E-state index in [1.165, 1.54) is 19.3 Å². The van der Waals surface area contributed by atoms with E-state index in [4.69, 9.17) is 9.47 Å². The van der Waals surface area contributed by atoms with Crippen molar-refractivity contribution < 1.29 is 9.47 Å². The number of nitrogens with zero attached hydrogens (tertiary/aromatic N) is 5. The van der Waals surface area contributed by atoms with Crippen molar-refractivity contribution in [3.8, 4) is 0 Å². The van der Waals surface area contributed by atoms with Crippen LogP contribution in [0.2, 0.25) is 0 Å². The standard InChI is InChI=1S/C11H12BrN3O.C6H4BrN3.C5H8O/c12-9-5-8-6-14-15(11(8)13-7-9)10-3-1-2-4-16-10;7-5-1-4-2-9-10-6(4)8-3-5;1-2-4-6-5-3-1/h5-7,10H,1-4H2;1-3H,(H,8,9,10);2,4H,1,3,5H2. The molecule has 1 fully saturated rings. The monoisotopic (exact) mass is 562 g/mol. The van der Waals surface area contributed by atoms with E-state index in [0.717, 1.165) is 57.1 Å².